The highest BCUT2D eigenvalue weighted by Crippen LogP contribution is 2.17. The predicted molar refractivity (Wildman–Crippen MR) is 77.2 cm³/mol. The molecule has 3 heteroatoms. The first-order valence-electron chi connectivity index (χ1n) is 6.11. The molecule has 0 unspecified atom stereocenters. The molecular weight excluding hydrogens is 234 g/mol. The third-order valence-corrected chi connectivity index (χ3v) is 2.75. The molecule has 3 rings (SSSR count). The van der Waals surface area contributed by atoms with Crippen LogP contribution in [0.5, 0.6) is 0 Å². The van der Waals surface area contributed by atoms with Gasteiger partial charge in [-0.15, -0.1) is 0 Å². The van der Waals surface area contributed by atoms with E-state index in [9.17, 15) is 0 Å². The number of para-hydroxylation sites is 1. The van der Waals surface area contributed by atoms with Crippen LogP contribution in [0.1, 0.15) is 0 Å². The highest BCUT2D eigenvalue weighted by Gasteiger charge is 2.00. The largest absolute Gasteiger partial charge is 0.353 e. The van der Waals surface area contributed by atoms with Gasteiger partial charge in [0.1, 0.15) is 0 Å². The summed E-state index contributed by atoms with van der Waals surface area (Å²) in [5, 5.41) is 3.26. The van der Waals surface area contributed by atoms with Crippen LogP contribution in [-0.4, -0.2) is 9.97 Å². The summed E-state index contributed by atoms with van der Waals surface area (Å²) < 4.78 is 0. The van der Waals surface area contributed by atoms with Crippen LogP contribution in [-0.2, 0) is 0 Å². The molecule has 0 saturated carbocycles. The zero-order valence-corrected chi connectivity index (χ0v) is 10.3. The second kappa shape index (κ2) is 5.31. The summed E-state index contributed by atoms with van der Waals surface area (Å²) >= 11 is 0. The third-order valence-electron chi connectivity index (χ3n) is 2.75. The average Bonchev–Trinajstić information content (AvgIpc) is 2.50. The molecule has 0 fully saturated rings. The summed E-state index contributed by atoms with van der Waals surface area (Å²) in [5.41, 5.74) is 2.93. The van der Waals surface area contributed by atoms with Crippen LogP contribution in [0, 0.1) is 0 Å². The van der Waals surface area contributed by atoms with Gasteiger partial charge in [0.15, 0.2) is 5.82 Å². The molecule has 0 aliphatic rings. The average molecular weight is 247 g/mol. The fourth-order valence-corrected chi connectivity index (χ4v) is 1.82. The van der Waals surface area contributed by atoms with E-state index >= 15 is 0 Å². The highest BCUT2D eigenvalue weighted by atomic mass is 14.9. The van der Waals surface area contributed by atoms with Gasteiger partial charge in [0.2, 0.25) is 0 Å². The number of nitrogens with one attached hydrogen (secondary N) is 1. The van der Waals surface area contributed by atoms with Crippen molar-refractivity contribution in [3.8, 4) is 11.4 Å². The fourth-order valence-electron chi connectivity index (χ4n) is 1.82. The Morgan fingerprint density at radius 1 is 0.632 bits per heavy atom. The van der Waals surface area contributed by atoms with E-state index in [1.54, 1.807) is 12.4 Å². The molecule has 3 aromatic rings. The van der Waals surface area contributed by atoms with Crippen LogP contribution in [0.15, 0.2) is 73.1 Å². The zero-order valence-electron chi connectivity index (χ0n) is 10.3. The molecule has 19 heavy (non-hydrogen) atoms. The van der Waals surface area contributed by atoms with Gasteiger partial charge in [-0.1, -0.05) is 48.5 Å². The molecule has 1 heterocycles. The maximum atomic E-state index is 4.37. The highest BCUT2D eigenvalue weighted by molar-refractivity contribution is 5.60. The van der Waals surface area contributed by atoms with E-state index in [1.807, 2.05) is 60.7 Å². The Morgan fingerprint density at radius 2 is 1.21 bits per heavy atom. The fraction of sp³-hybridized carbons (Fsp3) is 0. The molecular formula is C16H13N3. The van der Waals surface area contributed by atoms with Crippen LogP contribution in [0.3, 0.4) is 0 Å². The van der Waals surface area contributed by atoms with Crippen molar-refractivity contribution in [1.29, 1.82) is 0 Å². The number of benzene rings is 2. The standard InChI is InChI=1S/C16H13N3/c1-3-7-13(8-4-1)16-17-11-15(12-18-16)19-14-9-5-2-6-10-14/h1-12,19H. The van der Waals surface area contributed by atoms with Crippen molar-refractivity contribution in [2.24, 2.45) is 0 Å². The lowest BCUT2D eigenvalue weighted by molar-refractivity contribution is 1.17. The van der Waals surface area contributed by atoms with Gasteiger partial charge in [-0.25, -0.2) is 9.97 Å². The lowest BCUT2D eigenvalue weighted by atomic mass is 10.2. The first kappa shape index (κ1) is 11.4. The van der Waals surface area contributed by atoms with Crippen molar-refractivity contribution in [3.05, 3.63) is 73.1 Å². The molecule has 0 bridgehead atoms. The van der Waals surface area contributed by atoms with E-state index in [0.717, 1.165) is 22.8 Å². The summed E-state index contributed by atoms with van der Waals surface area (Å²) in [7, 11) is 0. The maximum absolute atomic E-state index is 4.37. The van der Waals surface area contributed by atoms with Crippen LogP contribution < -0.4 is 5.32 Å². The van der Waals surface area contributed by atoms with Crippen molar-refractivity contribution >= 4 is 11.4 Å². The maximum Gasteiger partial charge on any atom is 0.159 e. The van der Waals surface area contributed by atoms with E-state index in [4.69, 9.17) is 0 Å². The van der Waals surface area contributed by atoms with Crippen molar-refractivity contribution < 1.29 is 0 Å². The smallest absolute Gasteiger partial charge is 0.159 e. The van der Waals surface area contributed by atoms with Gasteiger partial charge >= 0.3 is 0 Å². The van der Waals surface area contributed by atoms with Gasteiger partial charge in [0.05, 0.1) is 18.1 Å². The van der Waals surface area contributed by atoms with E-state index in [2.05, 4.69) is 15.3 Å². The molecule has 3 nitrogen and oxygen atoms in total. The van der Waals surface area contributed by atoms with Crippen LogP contribution in [0.2, 0.25) is 0 Å². The number of anilines is 2. The van der Waals surface area contributed by atoms with Crippen molar-refractivity contribution in [1.82, 2.24) is 9.97 Å². The third kappa shape index (κ3) is 2.77. The quantitative estimate of drug-likeness (QED) is 0.763. The van der Waals surface area contributed by atoms with Crippen molar-refractivity contribution in [3.63, 3.8) is 0 Å². The predicted octanol–water partition coefficient (Wildman–Crippen LogP) is 3.89. The summed E-state index contributed by atoms with van der Waals surface area (Å²) in [5.74, 6) is 0.735. The van der Waals surface area contributed by atoms with E-state index in [1.165, 1.54) is 0 Å². The number of nitrogens with zero attached hydrogens (tertiary/aromatic N) is 2. The number of aromatic nitrogens is 2. The SMILES string of the molecule is c1ccc(Nc2cnc(-c3ccccc3)nc2)cc1. The number of hydrogen-bond acceptors (Lipinski definition) is 3. The Kier molecular flexibility index (Phi) is 3.19. The second-order valence-corrected chi connectivity index (χ2v) is 4.15. The molecule has 0 spiro atoms. The summed E-state index contributed by atoms with van der Waals surface area (Å²) in [6.45, 7) is 0. The normalized spacial score (nSPS) is 10.1. The molecule has 0 radical (unpaired) electrons. The van der Waals surface area contributed by atoms with Crippen LogP contribution in [0.25, 0.3) is 11.4 Å². The minimum absolute atomic E-state index is 0.735. The van der Waals surface area contributed by atoms with Gasteiger partial charge in [0, 0.05) is 11.3 Å². The van der Waals surface area contributed by atoms with E-state index < -0.39 is 0 Å². The van der Waals surface area contributed by atoms with Gasteiger partial charge in [-0.2, -0.15) is 0 Å². The van der Waals surface area contributed by atoms with Gasteiger partial charge in [-0.3, -0.25) is 0 Å². The molecule has 92 valence electrons. The minimum atomic E-state index is 0.735. The molecule has 1 aromatic heterocycles. The monoisotopic (exact) mass is 247 g/mol. The second-order valence-electron chi connectivity index (χ2n) is 4.15. The zero-order chi connectivity index (χ0) is 12.9. The molecule has 0 amide bonds. The molecule has 0 atom stereocenters. The summed E-state index contributed by atoms with van der Waals surface area (Å²) in [4.78, 5) is 8.74. The van der Waals surface area contributed by atoms with Gasteiger partial charge in [-0.05, 0) is 12.1 Å². The Labute approximate surface area is 112 Å². The molecule has 1 N–H and O–H groups in total. The Bertz CT molecular complexity index is 634. The molecule has 0 aliphatic heterocycles. The number of rotatable bonds is 3. The van der Waals surface area contributed by atoms with Crippen molar-refractivity contribution in [2.45, 2.75) is 0 Å². The lowest BCUT2D eigenvalue weighted by Crippen LogP contribution is -1.94. The number of hydrogen-bond donors (Lipinski definition) is 1. The topological polar surface area (TPSA) is 37.8 Å². The van der Waals surface area contributed by atoms with Gasteiger partial charge < -0.3 is 5.32 Å². The summed E-state index contributed by atoms with van der Waals surface area (Å²) in [6.07, 6.45) is 3.59. The minimum Gasteiger partial charge on any atom is -0.353 e. The van der Waals surface area contributed by atoms with E-state index in [0.29, 0.717) is 0 Å². The Hall–Kier alpha value is -2.68. The Morgan fingerprint density at radius 3 is 1.84 bits per heavy atom. The van der Waals surface area contributed by atoms with Crippen LogP contribution >= 0.6 is 0 Å². The Balaban J connectivity index is 1.80. The van der Waals surface area contributed by atoms with Crippen molar-refractivity contribution in [2.75, 3.05) is 5.32 Å². The molecule has 0 saturated heterocycles. The van der Waals surface area contributed by atoms with Crippen LogP contribution in [0.4, 0.5) is 11.4 Å². The molecule has 2 aromatic carbocycles. The molecule has 0 aliphatic carbocycles. The van der Waals surface area contributed by atoms with E-state index in [-0.39, 0.29) is 0 Å². The first-order chi connectivity index (χ1) is 9.42. The van der Waals surface area contributed by atoms with Gasteiger partial charge in [0.25, 0.3) is 0 Å². The first-order valence-corrected chi connectivity index (χ1v) is 6.11. The summed E-state index contributed by atoms with van der Waals surface area (Å²) in [6, 6.07) is 19.9. The lowest BCUT2D eigenvalue weighted by Gasteiger charge is -2.06.